The van der Waals surface area contributed by atoms with Crippen molar-refractivity contribution in [2.45, 2.75) is 0 Å². The molecule has 61 heavy (non-hydrogen) atoms. The molecule has 0 amide bonds. The van der Waals surface area contributed by atoms with E-state index in [1.807, 2.05) is 36.4 Å². The average molecular weight is 779 g/mol. The van der Waals surface area contributed by atoms with E-state index in [1.54, 1.807) is 0 Å². The SMILES string of the molecule is c1ccc(-c2nc(-c3ccccc3)nc(-n3c4ccccc4c4ccc5c6cc(-n7c8ccccc8c8ccccc87)ccc6n(-c6ccc7ccccc7c6)c5c43)n2)cc1. The molecule has 0 radical (unpaired) electrons. The highest BCUT2D eigenvalue weighted by atomic mass is 15.2. The molecule has 0 atom stereocenters. The quantitative estimate of drug-likeness (QED) is 0.175. The third kappa shape index (κ3) is 5.06. The van der Waals surface area contributed by atoms with E-state index in [1.165, 1.54) is 32.6 Å². The molecule has 4 aromatic heterocycles. The lowest BCUT2D eigenvalue weighted by atomic mass is 10.1. The van der Waals surface area contributed by atoms with Crippen LogP contribution in [0.1, 0.15) is 0 Å². The summed E-state index contributed by atoms with van der Waals surface area (Å²) < 4.78 is 7.11. The van der Waals surface area contributed by atoms with E-state index in [0.29, 0.717) is 17.6 Å². The molecule has 13 aromatic rings. The van der Waals surface area contributed by atoms with Crippen LogP contribution in [0.4, 0.5) is 0 Å². The number of fused-ring (bicyclic) bond motifs is 11. The molecule has 0 saturated carbocycles. The minimum atomic E-state index is 0.563. The van der Waals surface area contributed by atoms with Gasteiger partial charge >= 0.3 is 0 Å². The summed E-state index contributed by atoms with van der Waals surface area (Å²) in [5, 5.41) is 9.42. The van der Waals surface area contributed by atoms with Crippen LogP contribution in [0.2, 0.25) is 0 Å². The van der Waals surface area contributed by atoms with Gasteiger partial charge < -0.3 is 9.13 Å². The van der Waals surface area contributed by atoms with Gasteiger partial charge in [0.05, 0.1) is 33.1 Å². The number of aromatic nitrogens is 6. The van der Waals surface area contributed by atoms with E-state index in [4.69, 9.17) is 15.0 Å². The Bertz CT molecular complexity index is 3760. The maximum absolute atomic E-state index is 5.31. The molecule has 0 unspecified atom stereocenters. The van der Waals surface area contributed by atoms with Crippen LogP contribution < -0.4 is 0 Å². The maximum Gasteiger partial charge on any atom is 0.238 e. The van der Waals surface area contributed by atoms with Crippen LogP contribution in [0.15, 0.2) is 206 Å². The van der Waals surface area contributed by atoms with Crippen LogP contribution in [0.25, 0.3) is 116 Å². The molecule has 0 fully saturated rings. The molecule has 0 saturated heterocycles. The van der Waals surface area contributed by atoms with Gasteiger partial charge in [0, 0.05) is 54.8 Å². The fraction of sp³-hybridized carbons (Fsp3) is 0. The highest BCUT2D eigenvalue weighted by Gasteiger charge is 2.24. The molecule has 0 aliphatic heterocycles. The molecule has 9 aromatic carbocycles. The second-order valence-electron chi connectivity index (χ2n) is 15.7. The number of hydrogen-bond acceptors (Lipinski definition) is 3. The zero-order valence-corrected chi connectivity index (χ0v) is 32.8. The monoisotopic (exact) mass is 778 g/mol. The number of benzene rings is 9. The van der Waals surface area contributed by atoms with Crippen molar-refractivity contribution in [2.75, 3.05) is 0 Å². The fourth-order valence-electron chi connectivity index (χ4n) is 9.57. The number of nitrogens with zero attached hydrogens (tertiary/aromatic N) is 6. The van der Waals surface area contributed by atoms with Crippen molar-refractivity contribution in [1.82, 2.24) is 28.7 Å². The standard InChI is InChI=1S/C55H34N6/c1-3-16-36(17-4-1)53-56-54(37-18-5-2-6-19-37)58-55(57-53)61-49-26-14-11-23-43(49)44-30-31-45-46-34-40(59-47-24-12-9-21-41(47)42-22-10-13-25-48(42)59)29-32-50(46)60(51(45)52(44)61)39-28-27-35-15-7-8-20-38(35)33-39/h1-34H. The fourth-order valence-corrected chi connectivity index (χ4v) is 9.57. The molecule has 13 rings (SSSR count). The van der Waals surface area contributed by atoms with Crippen molar-refractivity contribution >= 4 is 76.2 Å². The van der Waals surface area contributed by atoms with Gasteiger partial charge in [0.1, 0.15) is 0 Å². The minimum Gasteiger partial charge on any atom is -0.309 e. The Balaban J connectivity index is 1.18. The summed E-state index contributed by atoms with van der Waals surface area (Å²) in [4.78, 5) is 15.7. The summed E-state index contributed by atoms with van der Waals surface area (Å²) in [6.45, 7) is 0. The van der Waals surface area contributed by atoms with E-state index in [0.717, 1.165) is 66.1 Å². The molecule has 0 aliphatic rings. The van der Waals surface area contributed by atoms with E-state index in [9.17, 15) is 0 Å². The zero-order chi connectivity index (χ0) is 40.0. The topological polar surface area (TPSA) is 53.5 Å². The Kier molecular flexibility index (Phi) is 7.21. The predicted molar refractivity (Wildman–Crippen MR) is 251 cm³/mol. The first kappa shape index (κ1) is 33.6. The van der Waals surface area contributed by atoms with Gasteiger partial charge in [0.25, 0.3) is 0 Å². The first-order valence-electron chi connectivity index (χ1n) is 20.6. The van der Waals surface area contributed by atoms with Crippen molar-refractivity contribution in [3.05, 3.63) is 206 Å². The molecule has 0 N–H and O–H groups in total. The van der Waals surface area contributed by atoms with Crippen molar-refractivity contribution in [2.24, 2.45) is 0 Å². The summed E-state index contributed by atoms with van der Waals surface area (Å²) in [6.07, 6.45) is 0. The molecular formula is C55H34N6. The Hall–Kier alpha value is -8.35. The lowest BCUT2D eigenvalue weighted by Gasteiger charge is -2.14. The molecule has 4 heterocycles. The first-order chi connectivity index (χ1) is 30.3. The van der Waals surface area contributed by atoms with Crippen LogP contribution in [0.5, 0.6) is 0 Å². The normalized spacial score (nSPS) is 11.9. The predicted octanol–water partition coefficient (Wildman–Crippen LogP) is 13.7. The summed E-state index contributed by atoms with van der Waals surface area (Å²) in [6, 6.07) is 73.3. The van der Waals surface area contributed by atoms with E-state index in [-0.39, 0.29) is 0 Å². The molecule has 6 heteroatoms. The third-order valence-electron chi connectivity index (χ3n) is 12.3. The Morgan fingerprint density at radius 2 is 0.738 bits per heavy atom. The highest BCUT2D eigenvalue weighted by Crippen LogP contribution is 2.43. The van der Waals surface area contributed by atoms with Crippen LogP contribution in [-0.2, 0) is 0 Å². The smallest absolute Gasteiger partial charge is 0.238 e. The molecular weight excluding hydrogens is 745 g/mol. The first-order valence-corrected chi connectivity index (χ1v) is 20.6. The Morgan fingerprint density at radius 1 is 0.279 bits per heavy atom. The van der Waals surface area contributed by atoms with Gasteiger partial charge in [0.2, 0.25) is 5.95 Å². The summed E-state index contributed by atoms with van der Waals surface area (Å²) >= 11 is 0. The van der Waals surface area contributed by atoms with Gasteiger partial charge in [-0.05, 0) is 59.3 Å². The molecule has 284 valence electrons. The van der Waals surface area contributed by atoms with Crippen LogP contribution >= 0.6 is 0 Å². The van der Waals surface area contributed by atoms with Crippen LogP contribution in [0, 0.1) is 0 Å². The molecule has 0 aliphatic carbocycles. The van der Waals surface area contributed by atoms with E-state index >= 15 is 0 Å². The maximum atomic E-state index is 5.31. The second-order valence-corrected chi connectivity index (χ2v) is 15.7. The van der Waals surface area contributed by atoms with Gasteiger partial charge in [-0.2, -0.15) is 9.97 Å². The summed E-state index contributed by atoms with van der Waals surface area (Å²) in [7, 11) is 0. The lowest BCUT2D eigenvalue weighted by molar-refractivity contribution is 0.953. The van der Waals surface area contributed by atoms with Gasteiger partial charge in [-0.25, -0.2) is 4.98 Å². The van der Waals surface area contributed by atoms with Crippen molar-refractivity contribution < 1.29 is 0 Å². The van der Waals surface area contributed by atoms with Gasteiger partial charge in [0.15, 0.2) is 11.6 Å². The van der Waals surface area contributed by atoms with Crippen LogP contribution in [0.3, 0.4) is 0 Å². The van der Waals surface area contributed by atoms with Crippen molar-refractivity contribution in [3.63, 3.8) is 0 Å². The lowest BCUT2D eigenvalue weighted by Crippen LogP contribution is -2.07. The number of hydrogen-bond donors (Lipinski definition) is 0. The number of rotatable bonds is 5. The average Bonchev–Trinajstić information content (AvgIpc) is 3.97. The highest BCUT2D eigenvalue weighted by molar-refractivity contribution is 6.24. The van der Waals surface area contributed by atoms with Crippen molar-refractivity contribution in [1.29, 1.82) is 0 Å². The molecule has 6 nitrogen and oxygen atoms in total. The Labute approximate surface area is 349 Å². The van der Waals surface area contributed by atoms with E-state index in [2.05, 4.69) is 184 Å². The zero-order valence-electron chi connectivity index (χ0n) is 32.8. The van der Waals surface area contributed by atoms with Crippen LogP contribution in [-0.4, -0.2) is 28.7 Å². The van der Waals surface area contributed by atoms with Gasteiger partial charge in [-0.1, -0.05) is 158 Å². The van der Waals surface area contributed by atoms with E-state index < -0.39 is 0 Å². The second kappa shape index (κ2) is 13.1. The molecule has 0 bridgehead atoms. The minimum absolute atomic E-state index is 0.563. The third-order valence-corrected chi connectivity index (χ3v) is 12.3. The van der Waals surface area contributed by atoms with Crippen molar-refractivity contribution in [3.8, 4) is 40.1 Å². The largest absolute Gasteiger partial charge is 0.309 e. The summed E-state index contributed by atoms with van der Waals surface area (Å²) in [5.74, 6) is 1.80. The Morgan fingerprint density at radius 3 is 1.38 bits per heavy atom. The summed E-state index contributed by atoms with van der Waals surface area (Å²) in [5.41, 5.74) is 10.7. The number of para-hydroxylation sites is 3. The van der Waals surface area contributed by atoms with Gasteiger partial charge in [-0.3, -0.25) is 4.57 Å². The molecule has 0 spiro atoms. The van der Waals surface area contributed by atoms with Gasteiger partial charge in [-0.15, -0.1) is 0 Å².